The average Bonchev–Trinajstić information content (AvgIpc) is 2.50. The van der Waals surface area contributed by atoms with Crippen molar-refractivity contribution in [3.63, 3.8) is 0 Å². The van der Waals surface area contributed by atoms with E-state index in [0.717, 1.165) is 24.8 Å². The monoisotopic (exact) mass is 296 g/mol. The van der Waals surface area contributed by atoms with Crippen LogP contribution in [0.4, 0.5) is 0 Å². The minimum atomic E-state index is -0.891. The van der Waals surface area contributed by atoms with Crippen LogP contribution >= 0.6 is 0 Å². The number of nitriles is 2. The molecule has 0 aliphatic carbocycles. The number of nitrogens with zero attached hydrogens (tertiary/aromatic N) is 2. The molecule has 0 saturated carbocycles. The minimum absolute atomic E-state index is 0.288. The highest BCUT2D eigenvalue weighted by Gasteiger charge is 2.31. The van der Waals surface area contributed by atoms with Crippen LogP contribution < -0.4 is 0 Å². The Kier molecular flexibility index (Phi) is 6.63. The molecular weight excluding hydrogens is 268 g/mol. The average molecular weight is 296 g/mol. The van der Waals surface area contributed by atoms with Gasteiger partial charge in [-0.25, -0.2) is 0 Å². The van der Waals surface area contributed by atoms with Crippen LogP contribution in [0.15, 0.2) is 30.3 Å². The van der Waals surface area contributed by atoms with Gasteiger partial charge in [-0.3, -0.25) is 0 Å². The first-order valence-corrected chi connectivity index (χ1v) is 8.23. The fourth-order valence-corrected chi connectivity index (χ4v) is 3.15. The van der Waals surface area contributed by atoms with Crippen molar-refractivity contribution in [3.8, 4) is 12.1 Å². The van der Waals surface area contributed by atoms with Gasteiger partial charge >= 0.3 is 0 Å². The number of benzene rings is 1. The van der Waals surface area contributed by atoms with Crippen molar-refractivity contribution in [2.75, 3.05) is 0 Å². The van der Waals surface area contributed by atoms with Gasteiger partial charge in [0.1, 0.15) is 5.41 Å². The second-order valence-electron chi connectivity index (χ2n) is 7.33. The highest BCUT2D eigenvalue weighted by molar-refractivity contribution is 5.24. The molecule has 0 fully saturated rings. The van der Waals surface area contributed by atoms with Crippen molar-refractivity contribution >= 4 is 0 Å². The molecule has 0 saturated heterocycles. The van der Waals surface area contributed by atoms with Crippen LogP contribution in [0.5, 0.6) is 0 Å². The second kappa shape index (κ2) is 8.00. The molecule has 22 heavy (non-hydrogen) atoms. The van der Waals surface area contributed by atoms with Crippen molar-refractivity contribution in [1.82, 2.24) is 0 Å². The molecule has 0 aromatic heterocycles. The number of hydrogen-bond donors (Lipinski definition) is 0. The number of hydrogen-bond acceptors (Lipinski definition) is 2. The van der Waals surface area contributed by atoms with Crippen LogP contribution in [0.2, 0.25) is 0 Å². The zero-order valence-electron chi connectivity index (χ0n) is 14.4. The molecule has 0 aliphatic heterocycles. The first-order chi connectivity index (χ1) is 10.4. The molecule has 1 atom stereocenters. The van der Waals surface area contributed by atoms with E-state index in [1.165, 1.54) is 0 Å². The third-order valence-corrected chi connectivity index (χ3v) is 4.65. The van der Waals surface area contributed by atoms with E-state index in [4.69, 9.17) is 0 Å². The molecule has 1 aromatic carbocycles. The highest BCUT2D eigenvalue weighted by Crippen LogP contribution is 2.35. The van der Waals surface area contributed by atoms with Crippen LogP contribution in [-0.2, 0) is 6.42 Å². The Morgan fingerprint density at radius 2 is 1.64 bits per heavy atom. The SMILES string of the molecule is CC[C@H](CCCC(C#N)(C#N)Cc1ccccc1)C(C)(C)C. The maximum atomic E-state index is 9.55. The van der Waals surface area contributed by atoms with Gasteiger partial charge in [0.2, 0.25) is 0 Å². The van der Waals surface area contributed by atoms with Gasteiger partial charge in [-0.05, 0) is 29.7 Å². The van der Waals surface area contributed by atoms with Crippen LogP contribution in [-0.4, -0.2) is 0 Å². The van der Waals surface area contributed by atoms with Gasteiger partial charge in [0, 0.05) is 6.42 Å². The lowest BCUT2D eigenvalue weighted by Gasteiger charge is -2.30. The lowest BCUT2D eigenvalue weighted by molar-refractivity contribution is 0.208. The van der Waals surface area contributed by atoms with E-state index in [0.29, 0.717) is 18.8 Å². The highest BCUT2D eigenvalue weighted by atomic mass is 14.4. The maximum absolute atomic E-state index is 9.55. The predicted octanol–water partition coefficient (Wildman–Crippen LogP) is 5.51. The lowest BCUT2D eigenvalue weighted by atomic mass is 9.74. The standard InChI is InChI=1S/C20H28N2/c1-5-18(19(2,3)4)12-9-13-20(15-21,16-22)14-17-10-7-6-8-11-17/h6-8,10-11,18H,5,9,12-14H2,1-4H3/t18-/m1/s1. The zero-order chi connectivity index (χ0) is 16.6. The largest absolute Gasteiger partial charge is 0.197 e. The molecular formula is C20H28N2. The first-order valence-electron chi connectivity index (χ1n) is 8.23. The Balaban J connectivity index is 2.69. The molecule has 0 N–H and O–H groups in total. The summed E-state index contributed by atoms with van der Waals surface area (Å²) in [7, 11) is 0. The summed E-state index contributed by atoms with van der Waals surface area (Å²) in [6.07, 6.45) is 4.34. The minimum Gasteiger partial charge on any atom is -0.197 e. The van der Waals surface area contributed by atoms with E-state index in [-0.39, 0.29) is 5.41 Å². The van der Waals surface area contributed by atoms with Crippen LogP contribution in [0.1, 0.15) is 58.9 Å². The predicted molar refractivity (Wildman–Crippen MR) is 90.9 cm³/mol. The first kappa shape index (κ1) is 18.2. The Morgan fingerprint density at radius 3 is 2.09 bits per heavy atom. The normalized spacial score (nSPS) is 13.2. The van der Waals surface area contributed by atoms with Gasteiger partial charge in [-0.15, -0.1) is 0 Å². The Hall–Kier alpha value is -1.80. The molecule has 118 valence electrons. The summed E-state index contributed by atoms with van der Waals surface area (Å²) in [6, 6.07) is 14.4. The van der Waals surface area contributed by atoms with Gasteiger partial charge in [0.05, 0.1) is 12.1 Å². The van der Waals surface area contributed by atoms with Gasteiger partial charge in [0.15, 0.2) is 0 Å². The Morgan fingerprint density at radius 1 is 1.05 bits per heavy atom. The third kappa shape index (κ3) is 5.19. The summed E-state index contributed by atoms with van der Waals surface area (Å²) >= 11 is 0. The molecule has 0 aliphatic rings. The molecule has 0 amide bonds. The van der Waals surface area contributed by atoms with Gasteiger partial charge < -0.3 is 0 Å². The van der Waals surface area contributed by atoms with E-state index in [1.807, 2.05) is 30.3 Å². The molecule has 0 radical (unpaired) electrons. The van der Waals surface area contributed by atoms with Crippen LogP contribution in [0.25, 0.3) is 0 Å². The number of rotatable bonds is 7. The van der Waals surface area contributed by atoms with Gasteiger partial charge in [-0.2, -0.15) is 10.5 Å². The molecule has 1 rings (SSSR count). The fourth-order valence-electron chi connectivity index (χ4n) is 3.15. The summed E-state index contributed by atoms with van der Waals surface area (Å²) in [6.45, 7) is 9.04. The van der Waals surface area contributed by atoms with E-state index in [2.05, 4.69) is 39.8 Å². The quantitative estimate of drug-likeness (QED) is 0.666. The van der Waals surface area contributed by atoms with Crippen molar-refractivity contribution in [3.05, 3.63) is 35.9 Å². The van der Waals surface area contributed by atoms with E-state index < -0.39 is 5.41 Å². The zero-order valence-corrected chi connectivity index (χ0v) is 14.4. The van der Waals surface area contributed by atoms with Crippen molar-refractivity contribution in [1.29, 1.82) is 10.5 Å². The van der Waals surface area contributed by atoms with Crippen LogP contribution in [0, 0.1) is 39.4 Å². The summed E-state index contributed by atoms with van der Waals surface area (Å²) in [5.41, 5.74) is 0.460. The molecule has 2 heteroatoms. The Bertz CT molecular complexity index is 512. The van der Waals surface area contributed by atoms with Crippen molar-refractivity contribution < 1.29 is 0 Å². The van der Waals surface area contributed by atoms with Crippen molar-refractivity contribution in [2.24, 2.45) is 16.7 Å². The molecule has 0 heterocycles. The van der Waals surface area contributed by atoms with E-state index in [9.17, 15) is 10.5 Å². The summed E-state index contributed by atoms with van der Waals surface area (Å²) < 4.78 is 0. The van der Waals surface area contributed by atoms with Crippen LogP contribution in [0.3, 0.4) is 0 Å². The molecule has 1 aromatic rings. The third-order valence-electron chi connectivity index (χ3n) is 4.65. The molecule has 0 spiro atoms. The molecule has 0 unspecified atom stereocenters. The second-order valence-corrected chi connectivity index (χ2v) is 7.33. The summed E-state index contributed by atoms with van der Waals surface area (Å²) in [5.74, 6) is 0.638. The molecule has 0 bridgehead atoms. The summed E-state index contributed by atoms with van der Waals surface area (Å²) in [5, 5.41) is 19.1. The van der Waals surface area contributed by atoms with Gasteiger partial charge in [0.25, 0.3) is 0 Å². The Labute approximate surface area is 135 Å². The van der Waals surface area contributed by atoms with Crippen molar-refractivity contribution in [2.45, 2.75) is 59.8 Å². The molecule has 2 nitrogen and oxygen atoms in total. The smallest absolute Gasteiger partial charge is 0.147 e. The van der Waals surface area contributed by atoms with E-state index in [1.54, 1.807) is 0 Å². The topological polar surface area (TPSA) is 47.6 Å². The lowest BCUT2D eigenvalue weighted by Crippen LogP contribution is -2.23. The maximum Gasteiger partial charge on any atom is 0.147 e. The fraction of sp³-hybridized carbons (Fsp3) is 0.600. The summed E-state index contributed by atoms with van der Waals surface area (Å²) in [4.78, 5) is 0. The van der Waals surface area contributed by atoms with E-state index >= 15 is 0 Å². The van der Waals surface area contributed by atoms with Gasteiger partial charge in [-0.1, -0.05) is 70.9 Å².